The Hall–Kier alpha value is -4.75. The molecule has 212 valence electrons. The van der Waals surface area contributed by atoms with Crippen molar-refractivity contribution in [1.29, 1.82) is 0 Å². The lowest BCUT2D eigenvalue weighted by atomic mass is 10.0. The molecule has 5 aromatic rings. The minimum absolute atomic E-state index is 0.0100. The van der Waals surface area contributed by atoms with Crippen molar-refractivity contribution >= 4 is 33.9 Å². The molecule has 4 aromatic carbocycles. The van der Waals surface area contributed by atoms with E-state index in [0.29, 0.717) is 33.4 Å². The fraction of sp³-hybridized carbons (Fsp3) is 0.200. The zero-order valence-electron chi connectivity index (χ0n) is 23.3. The minimum atomic E-state index is -0.413. The van der Waals surface area contributed by atoms with Crippen LogP contribution in [0.1, 0.15) is 41.5 Å². The molecular weight excluding hydrogens is 527 g/mol. The molecule has 1 amide bonds. The van der Waals surface area contributed by atoms with Crippen molar-refractivity contribution in [2.24, 2.45) is 4.99 Å². The summed E-state index contributed by atoms with van der Waals surface area (Å²) in [7, 11) is 0. The van der Waals surface area contributed by atoms with Crippen LogP contribution in [-0.4, -0.2) is 39.7 Å². The quantitative estimate of drug-likeness (QED) is 0.174. The van der Waals surface area contributed by atoms with E-state index < -0.39 is 5.82 Å². The number of H-pyrrole nitrogens is 1. The molecule has 2 heterocycles. The topological polar surface area (TPSA) is 80.7 Å². The highest BCUT2D eigenvalue weighted by Crippen LogP contribution is 2.33. The summed E-state index contributed by atoms with van der Waals surface area (Å²) in [5, 5.41) is 14.7. The number of nitrogens with zero attached hydrogens (tertiary/aromatic N) is 2. The molecule has 6 rings (SSSR count). The molecule has 6 nitrogen and oxygen atoms in total. The van der Waals surface area contributed by atoms with Gasteiger partial charge in [0.2, 0.25) is 5.91 Å². The number of benzene rings is 4. The van der Waals surface area contributed by atoms with Crippen molar-refractivity contribution in [3.8, 4) is 5.88 Å². The fourth-order valence-corrected chi connectivity index (χ4v) is 5.56. The van der Waals surface area contributed by atoms with Crippen LogP contribution in [0.2, 0.25) is 0 Å². The van der Waals surface area contributed by atoms with E-state index in [1.165, 1.54) is 30.9 Å². The maximum Gasteiger partial charge on any atom is 0.228 e. The number of anilines is 1. The van der Waals surface area contributed by atoms with Crippen molar-refractivity contribution in [3.05, 3.63) is 125 Å². The number of hydrogen-bond donors (Lipinski definition) is 3. The number of aromatic nitrogens is 1. The van der Waals surface area contributed by atoms with E-state index in [-0.39, 0.29) is 18.2 Å². The number of aliphatic imine (C=N–C) groups is 1. The molecule has 0 aliphatic carbocycles. The van der Waals surface area contributed by atoms with Gasteiger partial charge in [0, 0.05) is 28.7 Å². The normalized spacial score (nSPS) is 14.3. The number of piperidine rings is 1. The zero-order valence-corrected chi connectivity index (χ0v) is 23.3. The molecule has 7 heteroatoms. The Morgan fingerprint density at radius 1 is 0.905 bits per heavy atom. The Bertz CT molecular complexity index is 1720. The van der Waals surface area contributed by atoms with Crippen LogP contribution in [0.4, 0.5) is 15.8 Å². The Morgan fingerprint density at radius 3 is 2.40 bits per heavy atom. The first-order valence-electron chi connectivity index (χ1n) is 14.4. The summed E-state index contributed by atoms with van der Waals surface area (Å²) in [5.41, 5.74) is 5.60. The lowest BCUT2D eigenvalue weighted by Crippen LogP contribution is -2.28. The van der Waals surface area contributed by atoms with Gasteiger partial charge in [0.1, 0.15) is 5.82 Å². The third-order valence-electron chi connectivity index (χ3n) is 7.69. The molecule has 1 aliphatic heterocycles. The smallest absolute Gasteiger partial charge is 0.228 e. The Morgan fingerprint density at radius 2 is 1.64 bits per heavy atom. The maximum absolute atomic E-state index is 14.1. The molecule has 1 aromatic heterocycles. The Balaban J connectivity index is 1.32. The number of fused-ring (bicyclic) bond motifs is 1. The molecule has 0 radical (unpaired) electrons. The Kier molecular flexibility index (Phi) is 8.10. The summed E-state index contributed by atoms with van der Waals surface area (Å²) in [4.78, 5) is 23.3. The number of amides is 1. The van der Waals surface area contributed by atoms with Crippen LogP contribution in [0.15, 0.2) is 102 Å². The van der Waals surface area contributed by atoms with Crippen molar-refractivity contribution in [2.45, 2.75) is 32.2 Å². The number of nitrogens with one attached hydrogen (secondary N) is 2. The molecule has 1 aliphatic rings. The minimum Gasteiger partial charge on any atom is -0.494 e. The number of halogens is 1. The monoisotopic (exact) mass is 560 g/mol. The van der Waals surface area contributed by atoms with E-state index >= 15 is 0 Å². The SMILES string of the molecule is O=C(Cc1ccccc1F)Nc1ccc2[nH]c(O)c(C(=Nc3ccc(CN4CCCCC4)cc3)c3ccccc3)c2c1. The van der Waals surface area contributed by atoms with Crippen LogP contribution in [0.25, 0.3) is 10.9 Å². The predicted molar refractivity (Wildman–Crippen MR) is 166 cm³/mol. The molecule has 3 N–H and O–H groups in total. The number of carbonyl (C=O) groups is 1. The molecule has 0 atom stereocenters. The van der Waals surface area contributed by atoms with Crippen molar-refractivity contribution in [3.63, 3.8) is 0 Å². The lowest BCUT2D eigenvalue weighted by Gasteiger charge is -2.26. The Labute approximate surface area is 244 Å². The fourth-order valence-electron chi connectivity index (χ4n) is 5.56. The molecule has 0 unspecified atom stereocenters. The highest BCUT2D eigenvalue weighted by atomic mass is 19.1. The first-order chi connectivity index (χ1) is 20.5. The van der Waals surface area contributed by atoms with Gasteiger partial charge in [0.15, 0.2) is 5.88 Å². The summed E-state index contributed by atoms with van der Waals surface area (Å²) < 4.78 is 14.1. The van der Waals surface area contributed by atoms with Gasteiger partial charge in [-0.15, -0.1) is 0 Å². The summed E-state index contributed by atoms with van der Waals surface area (Å²) in [5.74, 6) is -0.754. The third-order valence-corrected chi connectivity index (χ3v) is 7.69. The number of aromatic amines is 1. The second-order valence-electron chi connectivity index (χ2n) is 10.8. The first kappa shape index (κ1) is 27.4. The standard InChI is InChI=1S/C35H33FN4O2/c36-30-12-6-5-11-26(30)21-32(41)37-28-17-18-31-29(22-28)33(35(42)39-31)34(25-9-3-1-4-10-25)38-27-15-13-24(14-16-27)23-40-19-7-2-8-20-40/h1,3-6,9-18,22,39,42H,2,7-8,19-21,23H2,(H,37,41). The van der Waals surface area contributed by atoms with Crippen LogP contribution in [0.3, 0.4) is 0 Å². The van der Waals surface area contributed by atoms with Crippen LogP contribution >= 0.6 is 0 Å². The van der Waals surface area contributed by atoms with Gasteiger partial charge >= 0.3 is 0 Å². The first-order valence-corrected chi connectivity index (χ1v) is 14.4. The highest BCUT2D eigenvalue weighted by molar-refractivity contribution is 6.22. The number of rotatable bonds is 8. The van der Waals surface area contributed by atoms with E-state index in [4.69, 9.17) is 4.99 Å². The predicted octanol–water partition coefficient (Wildman–Crippen LogP) is 7.35. The number of aromatic hydroxyl groups is 1. The van der Waals surface area contributed by atoms with Gasteiger partial charge in [0.25, 0.3) is 0 Å². The van der Waals surface area contributed by atoms with Gasteiger partial charge < -0.3 is 15.4 Å². The molecule has 42 heavy (non-hydrogen) atoms. The summed E-state index contributed by atoms with van der Waals surface area (Å²) in [6.45, 7) is 3.22. The number of carbonyl (C=O) groups excluding carboxylic acids is 1. The van der Waals surface area contributed by atoms with E-state index in [2.05, 4.69) is 27.3 Å². The number of hydrogen-bond acceptors (Lipinski definition) is 4. The van der Waals surface area contributed by atoms with E-state index in [1.54, 1.807) is 36.4 Å². The summed E-state index contributed by atoms with van der Waals surface area (Å²) in [6.07, 6.45) is 3.75. The lowest BCUT2D eigenvalue weighted by molar-refractivity contribution is -0.115. The van der Waals surface area contributed by atoms with Crippen molar-refractivity contribution in [2.75, 3.05) is 18.4 Å². The van der Waals surface area contributed by atoms with Gasteiger partial charge in [-0.3, -0.25) is 9.69 Å². The van der Waals surface area contributed by atoms with Crippen LogP contribution in [-0.2, 0) is 17.8 Å². The second kappa shape index (κ2) is 12.4. The average molecular weight is 561 g/mol. The molecule has 0 bridgehead atoms. The van der Waals surface area contributed by atoms with Crippen molar-refractivity contribution in [1.82, 2.24) is 9.88 Å². The summed E-state index contributed by atoms with van der Waals surface area (Å²) in [6, 6.07) is 29.6. The molecule has 0 saturated carbocycles. The highest BCUT2D eigenvalue weighted by Gasteiger charge is 2.20. The van der Waals surface area contributed by atoms with Gasteiger partial charge in [-0.05, 0) is 73.5 Å². The molecule has 0 spiro atoms. The van der Waals surface area contributed by atoms with Crippen LogP contribution < -0.4 is 5.32 Å². The summed E-state index contributed by atoms with van der Waals surface area (Å²) >= 11 is 0. The van der Waals surface area contributed by atoms with E-state index in [0.717, 1.165) is 30.9 Å². The van der Waals surface area contributed by atoms with Gasteiger partial charge in [0.05, 0.1) is 23.4 Å². The van der Waals surface area contributed by atoms with Gasteiger partial charge in [-0.1, -0.05) is 67.1 Å². The van der Waals surface area contributed by atoms with E-state index in [9.17, 15) is 14.3 Å². The van der Waals surface area contributed by atoms with Crippen molar-refractivity contribution < 1.29 is 14.3 Å². The van der Waals surface area contributed by atoms with Crippen LogP contribution in [0.5, 0.6) is 5.88 Å². The molecule has 1 fully saturated rings. The molecule has 1 saturated heterocycles. The second-order valence-corrected chi connectivity index (χ2v) is 10.8. The third kappa shape index (κ3) is 6.26. The molecular formula is C35H33FN4O2. The average Bonchev–Trinajstić information content (AvgIpc) is 3.33. The number of likely N-dealkylation sites (tertiary alicyclic amines) is 1. The van der Waals surface area contributed by atoms with Gasteiger partial charge in [-0.25, -0.2) is 9.38 Å². The largest absolute Gasteiger partial charge is 0.494 e. The maximum atomic E-state index is 14.1. The zero-order chi connectivity index (χ0) is 28.9. The van der Waals surface area contributed by atoms with Gasteiger partial charge in [-0.2, -0.15) is 0 Å². The van der Waals surface area contributed by atoms with Crippen LogP contribution in [0, 0.1) is 5.82 Å². The van der Waals surface area contributed by atoms with E-state index in [1.807, 2.05) is 42.5 Å².